The zero-order chi connectivity index (χ0) is 21.4. The molecule has 0 amide bonds. The molecule has 0 atom stereocenters. The van der Waals surface area contributed by atoms with Crippen LogP contribution >= 0.6 is 0 Å². The molecule has 0 aliphatic heterocycles. The van der Waals surface area contributed by atoms with E-state index < -0.39 is 26.7 Å². The monoisotopic (exact) mass is 420 g/mol. The van der Waals surface area contributed by atoms with Gasteiger partial charge < -0.3 is 4.74 Å². The zero-order valence-electron chi connectivity index (χ0n) is 16.4. The maximum atomic E-state index is 13.1. The average Bonchev–Trinajstić information content (AvgIpc) is 2.68. The van der Waals surface area contributed by atoms with Crippen molar-refractivity contribution in [3.8, 4) is 0 Å². The number of unbranched alkanes of at least 4 members (excludes halogenated alkanes) is 1. The van der Waals surface area contributed by atoms with Gasteiger partial charge in [-0.15, -0.1) is 0 Å². The fourth-order valence-electron chi connectivity index (χ4n) is 2.79. The lowest BCUT2D eigenvalue weighted by atomic mass is 10.2. The van der Waals surface area contributed by atoms with E-state index >= 15 is 0 Å². The predicted octanol–water partition coefficient (Wildman–Crippen LogP) is 3.91. The average molecular weight is 420 g/mol. The Bertz CT molecular complexity index is 957. The summed E-state index contributed by atoms with van der Waals surface area (Å²) in [6, 6.07) is 11.9. The summed E-state index contributed by atoms with van der Waals surface area (Å²) in [6.45, 7) is 4.12. The number of nitrogens with zero attached hydrogens (tertiary/aromatic N) is 2. The number of ether oxygens (including phenoxy) is 1. The Morgan fingerprint density at radius 3 is 2.34 bits per heavy atom. The molecule has 0 aromatic heterocycles. The van der Waals surface area contributed by atoms with Crippen LogP contribution in [-0.4, -0.2) is 32.5 Å². The third-order valence-corrected chi connectivity index (χ3v) is 5.98. The Morgan fingerprint density at radius 2 is 1.76 bits per heavy atom. The number of hydrogen-bond donors (Lipinski definition) is 0. The van der Waals surface area contributed by atoms with Crippen molar-refractivity contribution in [1.29, 1.82) is 0 Å². The van der Waals surface area contributed by atoms with E-state index in [9.17, 15) is 23.3 Å². The lowest BCUT2D eigenvalue weighted by Crippen LogP contribution is -2.33. The third kappa shape index (κ3) is 5.77. The lowest BCUT2D eigenvalue weighted by Gasteiger charge is -2.24. The van der Waals surface area contributed by atoms with Crippen LogP contribution < -0.4 is 4.31 Å². The standard InChI is InChI=1S/C20H24N2O6S/c1-3-5-14-21(18-12-10-16(11-13-18)20(23)28-4-2)29(26,27)15-17-8-6-7-9-19(17)22(24)25/h6-13H,3-5,14-15H2,1-2H3. The van der Waals surface area contributed by atoms with Crippen LogP contribution in [-0.2, 0) is 20.5 Å². The maximum absolute atomic E-state index is 13.1. The number of benzene rings is 2. The number of rotatable bonds is 10. The van der Waals surface area contributed by atoms with Crippen LogP contribution in [0.2, 0.25) is 0 Å². The second-order valence-corrected chi connectivity index (χ2v) is 8.23. The lowest BCUT2D eigenvalue weighted by molar-refractivity contribution is -0.385. The Labute approximate surface area is 170 Å². The Hall–Kier alpha value is -2.94. The molecule has 0 N–H and O–H groups in total. The summed E-state index contributed by atoms with van der Waals surface area (Å²) < 4.78 is 32.4. The van der Waals surface area contributed by atoms with Crippen LogP contribution in [0.15, 0.2) is 48.5 Å². The van der Waals surface area contributed by atoms with Crippen molar-refractivity contribution in [2.24, 2.45) is 0 Å². The van der Waals surface area contributed by atoms with Gasteiger partial charge in [0.25, 0.3) is 5.69 Å². The number of sulfonamides is 1. The summed E-state index contributed by atoms with van der Waals surface area (Å²) in [5.41, 5.74) is 0.610. The van der Waals surface area contributed by atoms with E-state index in [0.717, 1.165) is 6.42 Å². The highest BCUT2D eigenvalue weighted by Crippen LogP contribution is 2.26. The van der Waals surface area contributed by atoms with E-state index in [1.54, 1.807) is 25.1 Å². The van der Waals surface area contributed by atoms with E-state index in [2.05, 4.69) is 0 Å². The highest BCUT2D eigenvalue weighted by molar-refractivity contribution is 7.92. The summed E-state index contributed by atoms with van der Waals surface area (Å²) in [5, 5.41) is 11.2. The normalized spacial score (nSPS) is 11.1. The van der Waals surface area contributed by atoms with Gasteiger partial charge in [-0.2, -0.15) is 0 Å². The fraction of sp³-hybridized carbons (Fsp3) is 0.350. The zero-order valence-corrected chi connectivity index (χ0v) is 17.2. The van der Waals surface area contributed by atoms with Gasteiger partial charge in [0.2, 0.25) is 10.0 Å². The van der Waals surface area contributed by atoms with Crippen LogP contribution in [0.25, 0.3) is 0 Å². The van der Waals surface area contributed by atoms with E-state index in [0.29, 0.717) is 17.7 Å². The minimum Gasteiger partial charge on any atom is -0.462 e. The molecule has 2 rings (SSSR count). The Balaban J connectivity index is 2.36. The molecule has 9 heteroatoms. The first-order chi connectivity index (χ1) is 13.8. The highest BCUT2D eigenvalue weighted by atomic mass is 32.2. The molecule has 8 nitrogen and oxygen atoms in total. The van der Waals surface area contributed by atoms with E-state index in [-0.39, 0.29) is 24.4 Å². The Kier molecular flexibility index (Phi) is 7.72. The fourth-order valence-corrected chi connectivity index (χ4v) is 4.44. The van der Waals surface area contributed by atoms with Gasteiger partial charge in [0.15, 0.2) is 0 Å². The molecule has 2 aromatic carbocycles. The first-order valence-corrected chi connectivity index (χ1v) is 10.9. The van der Waals surface area contributed by atoms with E-state index in [1.165, 1.54) is 34.6 Å². The van der Waals surface area contributed by atoms with E-state index in [1.807, 2.05) is 6.92 Å². The van der Waals surface area contributed by atoms with Gasteiger partial charge in [-0.3, -0.25) is 14.4 Å². The largest absolute Gasteiger partial charge is 0.462 e. The molecule has 0 saturated carbocycles. The molecule has 0 bridgehead atoms. The van der Waals surface area contributed by atoms with Crippen LogP contribution in [0.4, 0.5) is 11.4 Å². The van der Waals surface area contributed by atoms with Crippen molar-refractivity contribution in [1.82, 2.24) is 0 Å². The quantitative estimate of drug-likeness (QED) is 0.328. The first kappa shape index (κ1) is 22.4. The van der Waals surface area contributed by atoms with Crippen molar-refractivity contribution < 1.29 is 22.9 Å². The number of hydrogen-bond acceptors (Lipinski definition) is 6. The molecule has 0 aliphatic rings. The van der Waals surface area contributed by atoms with Gasteiger partial charge in [-0.05, 0) is 37.6 Å². The molecule has 2 aromatic rings. The molecule has 156 valence electrons. The maximum Gasteiger partial charge on any atom is 0.338 e. The van der Waals surface area contributed by atoms with Gasteiger partial charge in [-0.1, -0.05) is 31.5 Å². The summed E-state index contributed by atoms with van der Waals surface area (Å²) in [4.78, 5) is 22.5. The highest BCUT2D eigenvalue weighted by Gasteiger charge is 2.26. The number of para-hydroxylation sites is 1. The second-order valence-electron chi connectivity index (χ2n) is 6.34. The minimum atomic E-state index is -3.89. The van der Waals surface area contributed by atoms with Crippen molar-refractivity contribution in [2.45, 2.75) is 32.4 Å². The molecule has 0 fully saturated rings. The van der Waals surface area contributed by atoms with Gasteiger partial charge in [0.05, 0.1) is 22.8 Å². The summed E-state index contributed by atoms with van der Waals surface area (Å²) in [6.07, 6.45) is 1.40. The van der Waals surface area contributed by atoms with Crippen molar-refractivity contribution >= 4 is 27.4 Å². The number of carbonyl (C=O) groups is 1. The van der Waals surface area contributed by atoms with Crippen LogP contribution in [0.5, 0.6) is 0 Å². The molecule has 0 saturated heterocycles. The Morgan fingerprint density at radius 1 is 1.10 bits per heavy atom. The van der Waals surface area contributed by atoms with Crippen LogP contribution in [0.3, 0.4) is 0 Å². The smallest absolute Gasteiger partial charge is 0.338 e. The van der Waals surface area contributed by atoms with Crippen molar-refractivity contribution in [3.05, 3.63) is 69.8 Å². The van der Waals surface area contributed by atoms with Gasteiger partial charge in [0.1, 0.15) is 5.75 Å². The molecule has 0 heterocycles. The van der Waals surface area contributed by atoms with Gasteiger partial charge in [-0.25, -0.2) is 13.2 Å². The number of nitro groups is 1. The molecular weight excluding hydrogens is 396 g/mol. The molecular formula is C20H24N2O6S. The predicted molar refractivity (Wildman–Crippen MR) is 110 cm³/mol. The topological polar surface area (TPSA) is 107 Å². The molecule has 0 spiro atoms. The number of nitro benzene ring substituents is 1. The minimum absolute atomic E-state index is 0.127. The van der Waals surface area contributed by atoms with Crippen molar-refractivity contribution in [2.75, 3.05) is 17.5 Å². The van der Waals surface area contributed by atoms with Crippen molar-refractivity contribution in [3.63, 3.8) is 0 Å². The first-order valence-electron chi connectivity index (χ1n) is 9.30. The molecule has 0 unspecified atom stereocenters. The summed E-state index contributed by atoms with van der Waals surface area (Å²) in [5.74, 6) is -0.977. The van der Waals surface area contributed by atoms with Gasteiger partial charge in [0, 0.05) is 18.2 Å². The van der Waals surface area contributed by atoms with Crippen LogP contribution in [0, 0.1) is 10.1 Å². The van der Waals surface area contributed by atoms with Gasteiger partial charge >= 0.3 is 5.97 Å². The second kappa shape index (κ2) is 10.0. The third-order valence-electron chi connectivity index (χ3n) is 4.24. The molecule has 0 aliphatic carbocycles. The number of carbonyl (C=O) groups excluding carboxylic acids is 1. The number of esters is 1. The summed E-state index contributed by atoms with van der Waals surface area (Å²) in [7, 11) is -3.89. The van der Waals surface area contributed by atoms with E-state index in [4.69, 9.17) is 4.74 Å². The van der Waals surface area contributed by atoms with Crippen LogP contribution in [0.1, 0.15) is 42.6 Å². The SMILES string of the molecule is CCCCN(c1ccc(C(=O)OCC)cc1)S(=O)(=O)Cc1ccccc1[N+](=O)[O-]. The summed E-state index contributed by atoms with van der Waals surface area (Å²) >= 11 is 0. The molecule has 0 radical (unpaired) electrons. The number of anilines is 1. The molecule has 29 heavy (non-hydrogen) atoms.